The molecule has 0 heterocycles. The second-order valence-corrected chi connectivity index (χ2v) is 2.61. The molecule has 0 saturated heterocycles. The molecule has 0 aliphatic rings. The number of nitrogens with zero attached hydrogens (tertiary/aromatic N) is 1. The summed E-state index contributed by atoms with van der Waals surface area (Å²) in [7, 11) is 1.39. The van der Waals surface area contributed by atoms with Crippen LogP contribution in [0.4, 0.5) is 4.39 Å². The zero-order valence-corrected chi connectivity index (χ0v) is 7.55. The lowest BCUT2D eigenvalue weighted by Gasteiger charge is -2.04. The first kappa shape index (κ1) is 9.80. The Bertz CT molecular complexity index is 341. The summed E-state index contributed by atoms with van der Waals surface area (Å²) in [6, 6.07) is 2.89. The first-order valence-electron chi connectivity index (χ1n) is 3.40. The van der Waals surface area contributed by atoms with E-state index in [2.05, 4.69) is 5.16 Å². The Morgan fingerprint density at radius 1 is 1.62 bits per heavy atom. The number of benzene rings is 1. The molecule has 0 radical (unpaired) electrons. The fourth-order valence-corrected chi connectivity index (χ4v) is 1.12. The number of ether oxygens (including phenoxy) is 1. The van der Waals surface area contributed by atoms with E-state index < -0.39 is 5.82 Å². The van der Waals surface area contributed by atoms with Crippen LogP contribution < -0.4 is 4.74 Å². The van der Waals surface area contributed by atoms with Crippen molar-refractivity contribution in [1.29, 1.82) is 0 Å². The Labute approximate surface area is 79.4 Å². The van der Waals surface area contributed by atoms with Crippen molar-refractivity contribution in [3.8, 4) is 5.75 Å². The number of hydrogen-bond acceptors (Lipinski definition) is 3. The molecule has 0 amide bonds. The highest BCUT2D eigenvalue weighted by molar-refractivity contribution is 6.32. The summed E-state index contributed by atoms with van der Waals surface area (Å²) >= 11 is 5.59. The maximum atomic E-state index is 13.2. The largest absolute Gasteiger partial charge is 0.495 e. The van der Waals surface area contributed by atoms with Crippen LogP contribution in [0.2, 0.25) is 5.02 Å². The summed E-state index contributed by atoms with van der Waals surface area (Å²) in [6.45, 7) is 0. The van der Waals surface area contributed by atoms with Gasteiger partial charge in [-0.3, -0.25) is 0 Å². The molecular weight excluding hydrogens is 197 g/mol. The van der Waals surface area contributed by atoms with Gasteiger partial charge >= 0.3 is 0 Å². The smallest absolute Gasteiger partial charge is 0.154 e. The van der Waals surface area contributed by atoms with Crippen LogP contribution in [0.5, 0.6) is 5.75 Å². The first-order valence-corrected chi connectivity index (χ1v) is 3.78. The molecule has 0 aromatic heterocycles. The number of oxime groups is 1. The lowest BCUT2D eigenvalue weighted by Crippen LogP contribution is -1.93. The molecule has 0 aliphatic heterocycles. The molecular formula is C8H7ClFNO2. The third kappa shape index (κ3) is 1.89. The highest BCUT2D eigenvalue weighted by atomic mass is 35.5. The molecule has 13 heavy (non-hydrogen) atoms. The van der Waals surface area contributed by atoms with Gasteiger partial charge in [0, 0.05) is 5.56 Å². The van der Waals surface area contributed by atoms with Gasteiger partial charge in [-0.05, 0) is 12.1 Å². The third-order valence-electron chi connectivity index (χ3n) is 1.49. The van der Waals surface area contributed by atoms with Gasteiger partial charge in [-0.2, -0.15) is 0 Å². The van der Waals surface area contributed by atoms with Crippen LogP contribution in [0.1, 0.15) is 5.56 Å². The van der Waals surface area contributed by atoms with Gasteiger partial charge in [0.1, 0.15) is 10.8 Å². The fourth-order valence-electron chi connectivity index (χ4n) is 0.866. The van der Waals surface area contributed by atoms with Crippen LogP contribution in [0.3, 0.4) is 0 Å². The van der Waals surface area contributed by atoms with E-state index in [-0.39, 0.29) is 16.3 Å². The Balaban J connectivity index is 3.22. The molecule has 1 N–H and O–H groups in total. The molecule has 0 aliphatic carbocycles. The number of hydrogen-bond donors (Lipinski definition) is 1. The van der Waals surface area contributed by atoms with Crippen LogP contribution in [-0.4, -0.2) is 18.5 Å². The average molecular weight is 204 g/mol. The molecule has 0 bridgehead atoms. The Hall–Kier alpha value is -1.29. The van der Waals surface area contributed by atoms with Crippen molar-refractivity contribution < 1.29 is 14.3 Å². The van der Waals surface area contributed by atoms with Crippen LogP contribution in [0.25, 0.3) is 0 Å². The molecule has 5 heteroatoms. The van der Waals surface area contributed by atoms with Gasteiger partial charge in [-0.15, -0.1) is 0 Å². The van der Waals surface area contributed by atoms with Gasteiger partial charge in [-0.25, -0.2) is 4.39 Å². The normalized spacial score (nSPS) is 10.7. The van der Waals surface area contributed by atoms with Crippen molar-refractivity contribution in [1.82, 2.24) is 0 Å². The molecule has 0 saturated carbocycles. The van der Waals surface area contributed by atoms with Crippen molar-refractivity contribution >= 4 is 17.8 Å². The van der Waals surface area contributed by atoms with Crippen LogP contribution in [0, 0.1) is 5.82 Å². The molecule has 0 fully saturated rings. The minimum absolute atomic E-state index is 0.105. The zero-order valence-electron chi connectivity index (χ0n) is 6.79. The summed E-state index contributed by atoms with van der Waals surface area (Å²) in [6.07, 6.45) is 0.959. The van der Waals surface area contributed by atoms with E-state index in [0.29, 0.717) is 0 Å². The van der Waals surface area contributed by atoms with E-state index >= 15 is 0 Å². The third-order valence-corrected chi connectivity index (χ3v) is 1.85. The van der Waals surface area contributed by atoms with Gasteiger partial charge in [0.2, 0.25) is 0 Å². The lowest BCUT2D eigenvalue weighted by atomic mass is 10.2. The highest BCUT2D eigenvalue weighted by Crippen LogP contribution is 2.28. The summed E-state index contributed by atoms with van der Waals surface area (Å²) in [4.78, 5) is 0. The molecule has 1 aromatic carbocycles. The standard InChI is InChI=1S/C8H7ClFNO2/c1-13-6-3-2-5(4-11-12)8(10)7(6)9/h2-4,12H,1H3/b11-4+. The molecule has 1 rings (SSSR count). The Morgan fingerprint density at radius 2 is 2.31 bits per heavy atom. The molecule has 0 atom stereocenters. The van der Waals surface area contributed by atoms with Gasteiger partial charge in [0.15, 0.2) is 5.82 Å². The molecule has 0 spiro atoms. The summed E-state index contributed by atoms with van der Waals surface area (Å²) in [5.74, 6) is -0.423. The molecule has 1 aromatic rings. The Kier molecular flexibility index (Phi) is 3.08. The van der Waals surface area contributed by atoms with E-state index in [1.807, 2.05) is 0 Å². The quantitative estimate of drug-likeness (QED) is 0.455. The minimum Gasteiger partial charge on any atom is -0.495 e. The predicted octanol–water partition coefficient (Wildman–Crippen LogP) is 2.30. The molecule has 0 unspecified atom stereocenters. The zero-order chi connectivity index (χ0) is 9.84. The van der Waals surface area contributed by atoms with Gasteiger partial charge < -0.3 is 9.94 Å². The molecule has 70 valence electrons. The first-order chi connectivity index (χ1) is 6.20. The summed E-state index contributed by atoms with van der Waals surface area (Å²) in [5, 5.41) is 10.8. The summed E-state index contributed by atoms with van der Waals surface area (Å²) in [5.41, 5.74) is 0.105. The topological polar surface area (TPSA) is 41.8 Å². The SMILES string of the molecule is COc1ccc(/C=N/O)c(F)c1Cl. The number of rotatable bonds is 2. The summed E-state index contributed by atoms with van der Waals surface area (Å²) < 4.78 is 18.0. The van der Waals surface area contributed by atoms with Gasteiger partial charge in [0.05, 0.1) is 13.3 Å². The second-order valence-electron chi connectivity index (χ2n) is 2.23. The van der Waals surface area contributed by atoms with Gasteiger partial charge in [-0.1, -0.05) is 16.8 Å². The van der Waals surface area contributed by atoms with E-state index in [0.717, 1.165) is 6.21 Å². The minimum atomic E-state index is -0.668. The van der Waals surface area contributed by atoms with E-state index in [4.69, 9.17) is 21.5 Å². The van der Waals surface area contributed by atoms with Crippen molar-refractivity contribution in [2.75, 3.05) is 7.11 Å². The van der Waals surface area contributed by atoms with Crippen molar-refractivity contribution in [3.63, 3.8) is 0 Å². The monoisotopic (exact) mass is 203 g/mol. The van der Waals surface area contributed by atoms with E-state index in [1.165, 1.54) is 19.2 Å². The number of methoxy groups -OCH3 is 1. The Morgan fingerprint density at radius 3 is 2.85 bits per heavy atom. The van der Waals surface area contributed by atoms with E-state index in [1.54, 1.807) is 0 Å². The maximum absolute atomic E-state index is 13.2. The maximum Gasteiger partial charge on any atom is 0.154 e. The van der Waals surface area contributed by atoms with Crippen LogP contribution in [0.15, 0.2) is 17.3 Å². The fraction of sp³-hybridized carbons (Fsp3) is 0.125. The van der Waals surface area contributed by atoms with Crippen LogP contribution >= 0.6 is 11.6 Å². The van der Waals surface area contributed by atoms with Crippen molar-refractivity contribution in [3.05, 3.63) is 28.5 Å². The van der Waals surface area contributed by atoms with Crippen molar-refractivity contribution in [2.45, 2.75) is 0 Å². The van der Waals surface area contributed by atoms with E-state index in [9.17, 15) is 4.39 Å². The predicted molar refractivity (Wildman–Crippen MR) is 47.3 cm³/mol. The van der Waals surface area contributed by atoms with Crippen LogP contribution in [-0.2, 0) is 0 Å². The lowest BCUT2D eigenvalue weighted by molar-refractivity contribution is 0.321. The van der Waals surface area contributed by atoms with Gasteiger partial charge in [0.25, 0.3) is 0 Å². The second kappa shape index (κ2) is 4.09. The number of halogens is 2. The molecule has 3 nitrogen and oxygen atoms in total. The average Bonchev–Trinajstić information content (AvgIpc) is 2.14. The van der Waals surface area contributed by atoms with Crippen molar-refractivity contribution in [2.24, 2.45) is 5.16 Å². The highest BCUT2D eigenvalue weighted by Gasteiger charge is 2.10.